The molecule has 0 atom stereocenters. The Morgan fingerprint density at radius 3 is 2.23 bits per heavy atom. The molecule has 5 aromatic rings. The molecular formula is C24H18FN5S. The maximum absolute atomic E-state index is 13.5. The first-order valence-electron chi connectivity index (χ1n) is 9.81. The number of hydrogen-bond donors (Lipinski definition) is 0. The molecule has 0 aliphatic carbocycles. The number of thioether (sulfide) groups is 1. The minimum atomic E-state index is -0.283. The van der Waals surface area contributed by atoms with Crippen molar-refractivity contribution in [1.82, 2.24) is 24.7 Å². The second-order valence-electron chi connectivity index (χ2n) is 7.02. The molecule has 0 spiro atoms. The summed E-state index contributed by atoms with van der Waals surface area (Å²) in [5.41, 5.74) is 5.28. The van der Waals surface area contributed by atoms with E-state index in [-0.39, 0.29) is 5.82 Å². The van der Waals surface area contributed by atoms with Crippen molar-refractivity contribution in [3.05, 3.63) is 96.1 Å². The second-order valence-corrected chi connectivity index (χ2v) is 7.96. The molecule has 0 N–H and O–H groups in total. The summed E-state index contributed by atoms with van der Waals surface area (Å²) < 4.78 is 15.5. The highest BCUT2D eigenvalue weighted by atomic mass is 32.2. The first-order chi connectivity index (χ1) is 15.2. The number of halogens is 1. The fourth-order valence-corrected chi connectivity index (χ4v) is 4.31. The van der Waals surface area contributed by atoms with Gasteiger partial charge in [0.15, 0.2) is 11.0 Å². The summed E-state index contributed by atoms with van der Waals surface area (Å²) in [5, 5.41) is 9.57. The number of para-hydroxylation sites is 2. The van der Waals surface area contributed by atoms with Gasteiger partial charge in [0, 0.05) is 17.0 Å². The minimum Gasteiger partial charge on any atom is -0.270 e. The van der Waals surface area contributed by atoms with Crippen molar-refractivity contribution in [3.63, 3.8) is 0 Å². The van der Waals surface area contributed by atoms with Gasteiger partial charge in [-0.05, 0) is 43.3 Å². The Morgan fingerprint density at radius 2 is 1.48 bits per heavy atom. The van der Waals surface area contributed by atoms with Gasteiger partial charge in [-0.2, -0.15) is 0 Å². The molecule has 2 heterocycles. The lowest BCUT2D eigenvalue weighted by Gasteiger charge is -2.11. The Labute approximate surface area is 183 Å². The molecule has 0 radical (unpaired) electrons. The second kappa shape index (κ2) is 8.28. The summed E-state index contributed by atoms with van der Waals surface area (Å²) >= 11 is 1.53. The van der Waals surface area contributed by atoms with Gasteiger partial charge >= 0.3 is 0 Å². The maximum atomic E-state index is 13.5. The van der Waals surface area contributed by atoms with Gasteiger partial charge in [-0.1, -0.05) is 54.2 Å². The van der Waals surface area contributed by atoms with E-state index in [1.807, 2.05) is 66.1 Å². The van der Waals surface area contributed by atoms with Gasteiger partial charge in [-0.3, -0.25) is 4.57 Å². The average Bonchev–Trinajstić information content (AvgIpc) is 3.23. The standard InChI is InChI=1S/C24H18FN5S/c1-16-22(27-21-10-6-5-9-20(21)26-16)15-31-24-29-28-23(17-7-3-2-4-8-17)30(24)19-13-11-18(25)12-14-19/h2-14H,15H2,1H3. The Morgan fingerprint density at radius 1 is 0.806 bits per heavy atom. The van der Waals surface area contributed by atoms with Crippen LogP contribution in [0.2, 0.25) is 0 Å². The van der Waals surface area contributed by atoms with Crippen LogP contribution in [0, 0.1) is 12.7 Å². The minimum absolute atomic E-state index is 0.283. The topological polar surface area (TPSA) is 56.5 Å². The Bertz CT molecular complexity index is 1350. The van der Waals surface area contributed by atoms with Crippen molar-refractivity contribution in [2.24, 2.45) is 0 Å². The molecule has 0 bridgehead atoms. The van der Waals surface area contributed by atoms with Crippen LogP contribution in [0.3, 0.4) is 0 Å². The number of hydrogen-bond acceptors (Lipinski definition) is 5. The monoisotopic (exact) mass is 427 g/mol. The van der Waals surface area contributed by atoms with Crippen molar-refractivity contribution in [3.8, 4) is 17.1 Å². The first-order valence-corrected chi connectivity index (χ1v) is 10.8. The van der Waals surface area contributed by atoms with Crippen molar-refractivity contribution >= 4 is 22.8 Å². The third-order valence-corrected chi connectivity index (χ3v) is 5.87. The summed E-state index contributed by atoms with van der Waals surface area (Å²) in [7, 11) is 0. The van der Waals surface area contributed by atoms with Crippen LogP contribution in [-0.2, 0) is 5.75 Å². The largest absolute Gasteiger partial charge is 0.270 e. The maximum Gasteiger partial charge on any atom is 0.196 e. The van der Waals surface area contributed by atoms with Crippen LogP contribution in [0.25, 0.3) is 28.1 Å². The summed E-state index contributed by atoms with van der Waals surface area (Å²) in [5.74, 6) is 1.02. The molecule has 3 aromatic carbocycles. The Hall–Kier alpha value is -3.58. The van der Waals surface area contributed by atoms with E-state index in [0.717, 1.165) is 33.7 Å². The molecule has 0 aliphatic heterocycles. The normalized spacial score (nSPS) is 11.2. The Balaban J connectivity index is 1.53. The lowest BCUT2D eigenvalue weighted by molar-refractivity contribution is 0.627. The Kier molecular flexibility index (Phi) is 5.18. The van der Waals surface area contributed by atoms with Gasteiger partial charge in [0.2, 0.25) is 0 Å². The quantitative estimate of drug-likeness (QED) is 0.341. The lowest BCUT2D eigenvalue weighted by Crippen LogP contribution is -2.01. The number of nitrogens with zero attached hydrogens (tertiary/aromatic N) is 5. The van der Waals surface area contributed by atoms with Crippen LogP contribution in [0.1, 0.15) is 11.4 Å². The average molecular weight is 428 g/mol. The molecule has 152 valence electrons. The van der Waals surface area contributed by atoms with Gasteiger partial charge in [-0.25, -0.2) is 14.4 Å². The van der Waals surface area contributed by atoms with E-state index < -0.39 is 0 Å². The smallest absolute Gasteiger partial charge is 0.196 e. The van der Waals surface area contributed by atoms with Crippen LogP contribution >= 0.6 is 11.8 Å². The van der Waals surface area contributed by atoms with Gasteiger partial charge in [0.05, 0.1) is 22.4 Å². The number of fused-ring (bicyclic) bond motifs is 1. The third kappa shape index (κ3) is 3.92. The number of aryl methyl sites for hydroxylation is 1. The molecule has 0 saturated carbocycles. The van der Waals surface area contributed by atoms with E-state index in [9.17, 15) is 4.39 Å². The summed E-state index contributed by atoms with van der Waals surface area (Å²) in [6.45, 7) is 1.97. The fourth-order valence-electron chi connectivity index (χ4n) is 3.35. The van der Waals surface area contributed by atoms with Crippen molar-refractivity contribution in [2.45, 2.75) is 17.8 Å². The summed E-state index contributed by atoms with van der Waals surface area (Å²) in [4.78, 5) is 9.45. The van der Waals surface area contributed by atoms with Crippen molar-refractivity contribution in [2.75, 3.05) is 0 Å². The molecule has 2 aromatic heterocycles. The van der Waals surface area contributed by atoms with Gasteiger partial charge in [0.25, 0.3) is 0 Å². The van der Waals surface area contributed by atoms with E-state index in [1.165, 1.54) is 23.9 Å². The van der Waals surface area contributed by atoms with E-state index in [1.54, 1.807) is 12.1 Å². The predicted molar refractivity (Wildman–Crippen MR) is 121 cm³/mol. The number of benzene rings is 3. The van der Waals surface area contributed by atoms with E-state index >= 15 is 0 Å². The van der Waals surface area contributed by atoms with Gasteiger partial charge < -0.3 is 0 Å². The van der Waals surface area contributed by atoms with Crippen LogP contribution < -0.4 is 0 Å². The van der Waals surface area contributed by atoms with E-state index in [2.05, 4.69) is 15.2 Å². The molecule has 31 heavy (non-hydrogen) atoms. The summed E-state index contributed by atoms with van der Waals surface area (Å²) in [6.07, 6.45) is 0. The van der Waals surface area contributed by atoms with Crippen LogP contribution in [0.4, 0.5) is 4.39 Å². The van der Waals surface area contributed by atoms with Gasteiger partial charge in [-0.15, -0.1) is 10.2 Å². The van der Waals surface area contributed by atoms with Gasteiger partial charge in [0.1, 0.15) is 5.82 Å². The highest BCUT2D eigenvalue weighted by molar-refractivity contribution is 7.98. The molecule has 0 fully saturated rings. The zero-order chi connectivity index (χ0) is 21.2. The SMILES string of the molecule is Cc1nc2ccccc2nc1CSc1nnc(-c2ccccc2)n1-c1ccc(F)cc1. The molecule has 5 rings (SSSR count). The highest BCUT2D eigenvalue weighted by Gasteiger charge is 2.17. The van der Waals surface area contributed by atoms with Crippen molar-refractivity contribution in [1.29, 1.82) is 0 Å². The highest BCUT2D eigenvalue weighted by Crippen LogP contribution is 2.30. The van der Waals surface area contributed by atoms with Crippen LogP contribution in [0.5, 0.6) is 0 Å². The van der Waals surface area contributed by atoms with Crippen LogP contribution in [-0.4, -0.2) is 24.7 Å². The molecule has 5 nitrogen and oxygen atoms in total. The number of aromatic nitrogens is 5. The molecule has 0 amide bonds. The molecule has 0 saturated heterocycles. The zero-order valence-corrected chi connectivity index (χ0v) is 17.6. The third-order valence-electron chi connectivity index (χ3n) is 4.93. The molecule has 0 unspecified atom stereocenters. The molecule has 0 aliphatic rings. The first kappa shape index (κ1) is 19.4. The van der Waals surface area contributed by atoms with E-state index in [0.29, 0.717) is 16.7 Å². The number of rotatable bonds is 5. The lowest BCUT2D eigenvalue weighted by atomic mass is 10.2. The van der Waals surface area contributed by atoms with Crippen LogP contribution in [0.15, 0.2) is 84.0 Å². The summed E-state index contributed by atoms with van der Waals surface area (Å²) in [6, 6.07) is 24.0. The molecular weight excluding hydrogens is 409 g/mol. The van der Waals surface area contributed by atoms with Crippen molar-refractivity contribution < 1.29 is 4.39 Å². The molecule has 7 heteroatoms. The van der Waals surface area contributed by atoms with E-state index in [4.69, 9.17) is 4.98 Å². The predicted octanol–water partition coefficient (Wildman–Crippen LogP) is 5.62. The fraction of sp³-hybridized carbons (Fsp3) is 0.0833. The zero-order valence-electron chi connectivity index (χ0n) is 16.7.